The van der Waals surface area contributed by atoms with Gasteiger partial charge in [-0.15, -0.1) is 0 Å². The second kappa shape index (κ2) is 7.12. The van der Waals surface area contributed by atoms with E-state index >= 15 is 0 Å². The molecule has 1 saturated heterocycles. The lowest BCUT2D eigenvalue weighted by Crippen LogP contribution is -2.33. The third kappa shape index (κ3) is 4.85. The van der Waals surface area contributed by atoms with Gasteiger partial charge in [-0.3, -0.25) is 4.79 Å². The Labute approximate surface area is 149 Å². The van der Waals surface area contributed by atoms with Crippen molar-refractivity contribution in [3.8, 4) is 0 Å². The van der Waals surface area contributed by atoms with Crippen molar-refractivity contribution in [2.24, 2.45) is 11.8 Å². The summed E-state index contributed by atoms with van der Waals surface area (Å²) in [5.74, 6) is -4.58. The molecule has 0 spiro atoms. The highest BCUT2D eigenvalue weighted by Gasteiger charge is 2.53. The molecule has 1 aliphatic heterocycles. The number of carboxylic acids is 1. The molecule has 2 atom stereocenters. The molecule has 0 aliphatic carbocycles. The number of nitrogens with one attached hydrogen (secondary N) is 2. The van der Waals surface area contributed by atoms with E-state index in [0.717, 1.165) is 0 Å². The molecule has 2 rings (SSSR count). The van der Waals surface area contributed by atoms with Crippen LogP contribution in [0.5, 0.6) is 0 Å². The third-order valence-electron chi connectivity index (χ3n) is 3.79. The van der Waals surface area contributed by atoms with Crippen molar-refractivity contribution >= 4 is 23.8 Å². The summed E-state index contributed by atoms with van der Waals surface area (Å²) in [6.07, 6.45) is -4.61. The zero-order chi connectivity index (χ0) is 19.7. The number of alkyl halides is 3. The minimum absolute atomic E-state index is 0.0145. The molecule has 2 heterocycles. The summed E-state index contributed by atoms with van der Waals surface area (Å²) < 4.78 is 39.6. The van der Waals surface area contributed by atoms with Crippen molar-refractivity contribution in [2.45, 2.75) is 39.4 Å². The van der Waals surface area contributed by atoms with E-state index in [0.29, 0.717) is 6.54 Å². The maximum Gasteiger partial charge on any atom is 0.394 e. The highest BCUT2D eigenvalue weighted by atomic mass is 19.4. The van der Waals surface area contributed by atoms with Crippen molar-refractivity contribution in [1.82, 2.24) is 15.0 Å². The highest BCUT2D eigenvalue weighted by Crippen LogP contribution is 2.39. The van der Waals surface area contributed by atoms with E-state index in [9.17, 15) is 18.0 Å². The van der Waals surface area contributed by atoms with Gasteiger partial charge < -0.3 is 20.6 Å². The van der Waals surface area contributed by atoms with Crippen LogP contribution in [0.25, 0.3) is 0 Å². The van der Waals surface area contributed by atoms with Crippen LogP contribution < -0.4 is 15.5 Å². The van der Waals surface area contributed by atoms with Gasteiger partial charge >= 0.3 is 12.1 Å². The number of rotatable bonds is 5. The van der Waals surface area contributed by atoms with Crippen LogP contribution in [0.3, 0.4) is 0 Å². The van der Waals surface area contributed by atoms with Gasteiger partial charge in [0.15, 0.2) is 0 Å². The van der Waals surface area contributed by atoms with Crippen LogP contribution >= 0.6 is 0 Å². The van der Waals surface area contributed by atoms with Crippen LogP contribution in [0.15, 0.2) is 0 Å². The SMILES string of the molecule is CCNc1nc(NC(C)(C)C)nc(N2C[C@@H](C(F)(F)F)[C@H](C(=O)O)C2)n1. The number of anilines is 3. The topological polar surface area (TPSA) is 103 Å². The molecular weight excluding hydrogens is 353 g/mol. The highest BCUT2D eigenvalue weighted by molar-refractivity contribution is 5.72. The minimum Gasteiger partial charge on any atom is -0.481 e. The number of aliphatic carboxylic acids is 1. The molecule has 1 aromatic rings. The Morgan fingerprint density at radius 3 is 2.27 bits per heavy atom. The lowest BCUT2D eigenvalue weighted by molar-refractivity contribution is -0.187. The number of halogens is 3. The second-order valence-electron chi connectivity index (χ2n) is 7.19. The molecule has 3 N–H and O–H groups in total. The zero-order valence-electron chi connectivity index (χ0n) is 15.1. The molecule has 26 heavy (non-hydrogen) atoms. The molecule has 1 aliphatic rings. The molecule has 0 amide bonds. The van der Waals surface area contributed by atoms with Gasteiger partial charge in [0, 0.05) is 25.2 Å². The number of hydrogen-bond acceptors (Lipinski definition) is 7. The summed E-state index contributed by atoms with van der Waals surface area (Å²) in [5.41, 5.74) is -0.370. The molecular formula is C15H23F3N6O2. The van der Waals surface area contributed by atoms with E-state index in [2.05, 4.69) is 25.6 Å². The zero-order valence-corrected chi connectivity index (χ0v) is 15.1. The molecule has 8 nitrogen and oxygen atoms in total. The van der Waals surface area contributed by atoms with Gasteiger partial charge in [-0.1, -0.05) is 0 Å². The Balaban J connectivity index is 2.36. The number of aromatic nitrogens is 3. The van der Waals surface area contributed by atoms with E-state index < -0.39 is 30.5 Å². The molecule has 0 unspecified atom stereocenters. The maximum atomic E-state index is 13.2. The Morgan fingerprint density at radius 2 is 1.81 bits per heavy atom. The van der Waals surface area contributed by atoms with E-state index in [1.807, 2.05) is 27.7 Å². The first-order valence-electron chi connectivity index (χ1n) is 8.23. The van der Waals surface area contributed by atoms with E-state index in [1.165, 1.54) is 4.90 Å². The monoisotopic (exact) mass is 376 g/mol. The van der Waals surface area contributed by atoms with Gasteiger partial charge in [0.25, 0.3) is 0 Å². The van der Waals surface area contributed by atoms with Gasteiger partial charge in [-0.25, -0.2) is 0 Å². The van der Waals surface area contributed by atoms with E-state index in [4.69, 9.17) is 5.11 Å². The van der Waals surface area contributed by atoms with Crippen molar-refractivity contribution in [2.75, 3.05) is 35.2 Å². The van der Waals surface area contributed by atoms with Crippen LogP contribution in [0, 0.1) is 11.8 Å². The van der Waals surface area contributed by atoms with Gasteiger partial charge in [-0.05, 0) is 27.7 Å². The minimum atomic E-state index is -4.61. The first-order valence-corrected chi connectivity index (χ1v) is 8.23. The predicted molar refractivity (Wildman–Crippen MR) is 90.3 cm³/mol. The summed E-state index contributed by atoms with van der Waals surface area (Å²) in [7, 11) is 0. The fourth-order valence-corrected chi connectivity index (χ4v) is 2.68. The Kier molecular flexibility index (Phi) is 5.47. The first kappa shape index (κ1) is 20.0. The van der Waals surface area contributed by atoms with E-state index in [1.54, 1.807) is 0 Å². The van der Waals surface area contributed by atoms with Crippen LogP contribution in [0.2, 0.25) is 0 Å². The van der Waals surface area contributed by atoms with Crippen LogP contribution in [0.1, 0.15) is 27.7 Å². The average molecular weight is 376 g/mol. The quantitative estimate of drug-likeness (QED) is 0.719. The normalized spacial score (nSPS) is 21.0. The molecule has 0 bridgehead atoms. The fraction of sp³-hybridized carbons (Fsp3) is 0.733. The molecule has 1 fully saturated rings. The van der Waals surface area contributed by atoms with Crippen LogP contribution in [-0.2, 0) is 4.79 Å². The predicted octanol–water partition coefficient (Wildman–Crippen LogP) is 2.21. The largest absolute Gasteiger partial charge is 0.481 e. The third-order valence-corrected chi connectivity index (χ3v) is 3.79. The Bertz CT molecular complexity index is 662. The number of hydrogen-bond donors (Lipinski definition) is 3. The number of carbonyl (C=O) groups is 1. The maximum absolute atomic E-state index is 13.2. The lowest BCUT2D eigenvalue weighted by atomic mass is 9.96. The Morgan fingerprint density at radius 1 is 1.19 bits per heavy atom. The molecule has 1 aromatic heterocycles. The lowest BCUT2D eigenvalue weighted by Gasteiger charge is -2.23. The van der Waals surface area contributed by atoms with Crippen molar-refractivity contribution in [3.05, 3.63) is 0 Å². The standard InChI is InChI=1S/C15H23F3N6O2/c1-5-19-11-20-12(23-14(2,3)4)22-13(21-11)24-6-8(10(25)26)9(7-24)15(16,17)18/h8-9H,5-7H2,1-4H3,(H,25,26)(H2,19,20,21,22,23)/t8-,9-/m1/s1. The molecule has 11 heteroatoms. The second-order valence-corrected chi connectivity index (χ2v) is 7.19. The molecule has 0 aromatic carbocycles. The Hall–Kier alpha value is -2.33. The number of carboxylic acid groups (broad SMARTS) is 1. The van der Waals surface area contributed by atoms with Gasteiger partial charge in [0.1, 0.15) is 0 Å². The summed E-state index contributed by atoms with van der Waals surface area (Å²) in [4.78, 5) is 25.0. The summed E-state index contributed by atoms with van der Waals surface area (Å²) >= 11 is 0. The number of nitrogens with zero attached hydrogens (tertiary/aromatic N) is 4. The molecule has 0 saturated carbocycles. The van der Waals surface area contributed by atoms with Crippen molar-refractivity contribution in [3.63, 3.8) is 0 Å². The van der Waals surface area contributed by atoms with Gasteiger partial charge in [0.05, 0.1) is 11.8 Å². The van der Waals surface area contributed by atoms with Crippen molar-refractivity contribution < 1.29 is 23.1 Å². The fourth-order valence-electron chi connectivity index (χ4n) is 2.68. The molecule has 0 radical (unpaired) electrons. The average Bonchev–Trinajstić information content (AvgIpc) is 2.91. The van der Waals surface area contributed by atoms with Crippen LogP contribution in [-0.4, -0.2) is 57.4 Å². The van der Waals surface area contributed by atoms with Crippen LogP contribution in [0.4, 0.5) is 31.0 Å². The summed E-state index contributed by atoms with van der Waals surface area (Å²) in [6, 6.07) is 0. The molecule has 146 valence electrons. The van der Waals surface area contributed by atoms with E-state index in [-0.39, 0.29) is 29.9 Å². The van der Waals surface area contributed by atoms with Crippen molar-refractivity contribution in [1.29, 1.82) is 0 Å². The summed E-state index contributed by atoms with van der Waals surface area (Å²) in [6.45, 7) is 7.19. The summed E-state index contributed by atoms with van der Waals surface area (Å²) in [5, 5.41) is 15.1. The smallest absolute Gasteiger partial charge is 0.394 e. The first-order chi connectivity index (χ1) is 11.9. The van der Waals surface area contributed by atoms with Gasteiger partial charge in [0.2, 0.25) is 17.8 Å². The van der Waals surface area contributed by atoms with Gasteiger partial charge in [-0.2, -0.15) is 28.1 Å².